The molecule has 3 rings (SSSR count). The lowest BCUT2D eigenvalue weighted by Crippen LogP contribution is -2.48. The number of nitrogens with zero attached hydrogens (tertiary/aromatic N) is 4. The van der Waals surface area contributed by atoms with Crippen molar-refractivity contribution in [2.45, 2.75) is 38.4 Å². The Kier molecular flexibility index (Phi) is 7.51. The smallest absolute Gasteiger partial charge is 0.274 e. The first-order valence-electron chi connectivity index (χ1n) is 10.2. The molecule has 1 aromatic heterocycles. The fourth-order valence-corrected chi connectivity index (χ4v) is 3.65. The minimum Gasteiger partial charge on any atom is -0.385 e. The van der Waals surface area contributed by atoms with E-state index in [9.17, 15) is 9.59 Å². The van der Waals surface area contributed by atoms with Gasteiger partial charge in [-0.3, -0.25) is 14.6 Å². The Hall–Kier alpha value is -2.10. The first-order chi connectivity index (χ1) is 14.0. The molecule has 2 fully saturated rings. The molecule has 0 saturated carbocycles. The van der Waals surface area contributed by atoms with Gasteiger partial charge in [-0.25, -0.2) is 4.98 Å². The van der Waals surface area contributed by atoms with Crippen LogP contribution >= 0.6 is 0 Å². The Balaban J connectivity index is 1.53. The topological polar surface area (TPSA) is 94.1 Å². The van der Waals surface area contributed by atoms with Gasteiger partial charge in [-0.1, -0.05) is 0 Å². The quantitative estimate of drug-likeness (QED) is 0.595. The molecule has 0 aliphatic carbocycles. The molecule has 29 heavy (non-hydrogen) atoms. The van der Waals surface area contributed by atoms with E-state index in [4.69, 9.17) is 14.2 Å². The Morgan fingerprint density at radius 3 is 2.52 bits per heavy atom. The third-order valence-electron chi connectivity index (χ3n) is 5.35. The molecule has 160 valence electrons. The highest BCUT2D eigenvalue weighted by Crippen LogP contribution is 2.31. The van der Waals surface area contributed by atoms with Crippen LogP contribution in [-0.4, -0.2) is 90.5 Å². The second-order valence-corrected chi connectivity index (χ2v) is 7.42. The van der Waals surface area contributed by atoms with Gasteiger partial charge in [0.15, 0.2) is 5.79 Å². The van der Waals surface area contributed by atoms with Crippen LogP contribution in [0.4, 0.5) is 0 Å². The number of hydrogen-bond donors (Lipinski definition) is 0. The third-order valence-corrected chi connectivity index (χ3v) is 5.35. The summed E-state index contributed by atoms with van der Waals surface area (Å²) in [6, 6.07) is 0. The summed E-state index contributed by atoms with van der Waals surface area (Å²) in [7, 11) is 1.63. The number of rotatable bonds is 8. The molecule has 9 heteroatoms. The van der Waals surface area contributed by atoms with E-state index < -0.39 is 5.79 Å². The third kappa shape index (κ3) is 5.71. The molecule has 9 nitrogen and oxygen atoms in total. The number of amides is 2. The standard InChI is InChI=1S/C20H30N4O5/c1-16-14-22-17(15-21-16)19(26)24(7-3-11-27-2)8-4-18(25)23-9-5-20(6-10-23)28-12-13-29-20/h14-15H,3-13H2,1-2H3. The van der Waals surface area contributed by atoms with Gasteiger partial charge in [-0.05, 0) is 13.3 Å². The van der Waals surface area contributed by atoms with Crippen molar-refractivity contribution in [1.82, 2.24) is 19.8 Å². The van der Waals surface area contributed by atoms with Gasteiger partial charge >= 0.3 is 0 Å². The lowest BCUT2D eigenvalue weighted by atomic mass is 10.0. The Morgan fingerprint density at radius 2 is 1.90 bits per heavy atom. The number of carbonyl (C=O) groups is 2. The number of aromatic nitrogens is 2. The summed E-state index contributed by atoms with van der Waals surface area (Å²) in [4.78, 5) is 37.3. The zero-order valence-corrected chi connectivity index (χ0v) is 17.3. The van der Waals surface area contributed by atoms with Crippen molar-refractivity contribution < 1.29 is 23.8 Å². The normalized spacial score (nSPS) is 18.2. The molecule has 1 spiro atoms. The maximum atomic E-state index is 12.8. The molecule has 0 radical (unpaired) electrons. The Bertz CT molecular complexity index is 681. The van der Waals surface area contributed by atoms with Crippen molar-refractivity contribution in [1.29, 1.82) is 0 Å². The largest absolute Gasteiger partial charge is 0.385 e. The highest BCUT2D eigenvalue weighted by Gasteiger charge is 2.40. The van der Waals surface area contributed by atoms with Crippen LogP contribution in [0.3, 0.4) is 0 Å². The summed E-state index contributed by atoms with van der Waals surface area (Å²) >= 11 is 0. The van der Waals surface area contributed by atoms with Crippen LogP contribution in [0.5, 0.6) is 0 Å². The predicted octanol–water partition coefficient (Wildman–Crippen LogP) is 1.02. The number of piperidine rings is 1. The van der Waals surface area contributed by atoms with Crippen LogP contribution in [0.15, 0.2) is 12.4 Å². The van der Waals surface area contributed by atoms with Crippen molar-refractivity contribution in [3.05, 3.63) is 23.8 Å². The summed E-state index contributed by atoms with van der Waals surface area (Å²) in [5.41, 5.74) is 1.04. The molecule has 0 N–H and O–H groups in total. The summed E-state index contributed by atoms with van der Waals surface area (Å²) < 4.78 is 16.5. The number of likely N-dealkylation sites (tertiary alicyclic amines) is 1. The van der Waals surface area contributed by atoms with Crippen LogP contribution in [0, 0.1) is 6.92 Å². The maximum absolute atomic E-state index is 12.8. The summed E-state index contributed by atoms with van der Waals surface area (Å²) in [6.07, 6.45) is 5.39. The summed E-state index contributed by atoms with van der Waals surface area (Å²) in [5.74, 6) is -0.674. The van der Waals surface area contributed by atoms with Gasteiger partial charge in [0.2, 0.25) is 5.91 Å². The molecule has 0 bridgehead atoms. The van der Waals surface area contributed by atoms with Crippen LogP contribution in [0.2, 0.25) is 0 Å². The van der Waals surface area contributed by atoms with Gasteiger partial charge in [-0.2, -0.15) is 0 Å². The van der Waals surface area contributed by atoms with Crippen molar-refractivity contribution in [3.63, 3.8) is 0 Å². The fraction of sp³-hybridized carbons (Fsp3) is 0.700. The lowest BCUT2D eigenvalue weighted by Gasteiger charge is -2.37. The molecule has 2 aliphatic rings. The highest BCUT2D eigenvalue weighted by molar-refractivity contribution is 5.92. The SMILES string of the molecule is COCCCN(CCC(=O)N1CCC2(CC1)OCCO2)C(=O)c1cnc(C)cn1. The van der Waals surface area contributed by atoms with E-state index in [0.717, 1.165) is 5.69 Å². The zero-order chi connectivity index (χ0) is 20.7. The highest BCUT2D eigenvalue weighted by atomic mass is 16.7. The Labute approximate surface area is 171 Å². The average molecular weight is 406 g/mol. The molecule has 0 unspecified atom stereocenters. The number of hydrogen-bond acceptors (Lipinski definition) is 7. The second kappa shape index (κ2) is 10.1. The van der Waals surface area contributed by atoms with E-state index in [-0.39, 0.29) is 23.9 Å². The minimum atomic E-state index is -0.497. The molecular weight excluding hydrogens is 376 g/mol. The molecule has 2 amide bonds. The van der Waals surface area contributed by atoms with Crippen molar-refractivity contribution in [3.8, 4) is 0 Å². The van der Waals surface area contributed by atoms with Gasteiger partial charge in [-0.15, -0.1) is 0 Å². The van der Waals surface area contributed by atoms with Crippen LogP contribution < -0.4 is 0 Å². The second-order valence-electron chi connectivity index (χ2n) is 7.42. The van der Waals surface area contributed by atoms with Crippen molar-refractivity contribution >= 4 is 11.8 Å². The van der Waals surface area contributed by atoms with Gasteiger partial charge in [0.25, 0.3) is 5.91 Å². The average Bonchev–Trinajstić information content (AvgIpc) is 3.19. The molecule has 3 heterocycles. The van der Waals surface area contributed by atoms with E-state index in [0.29, 0.717) is 65.3 Å². The van der Waals surface area contributed by atoms with Gasteiger partial charge in [0, 0.05) is 65.4 Å². The molecule has 2 saturated heterocycles. The lowest BCUT2D eigenvalue weighted by molar-refractivity contribution is -0.187. The van der Waals surface area contributed by atoms with E-state index >= 15 is 0 Å². The molecule has 0 atom stereocenters. The van der Waals surface area contributed by atoms with Gasteiger partial charge in [0.05, 0.1) is 25.1 Å². The molecule has 0 aromatic carbocycles. The fourth-order valence-electron chi connectivity index (χ4n) is 3.65. The first-order valence-corrected chi connectivity index (χ1v) is 10.2. The zero-order valence-electron chi connectivity index (χ0n) is 17.3. The number of ether oxygens (including phenoxy) is 3. The number of carbonyl (C=O) groups excluding carboxylic acids is 2. The van der Waals surface area contributed by atoms with Crippen LogP contribution in [0.25, 0.3) is 0 Å². The Morgan fingerprint density at radius 1 is 1.17 bits per heavy atom. The number of aryl methyl sites for hydroxylation is 1. The predicted molar refractivity (Wildman–Crippen MR) is 104 cm³/mol. The molecule has 1 aromatic rings. The minimum absolute atomic E-state index is 0.0392. The van der Waals surface area contributed by atoms with Gasteiger partial charge in [0.1, 0.15) is 5.69 Å². The first kappa shape index (κ1) is 21.6. The van der Waals surface area contributed by atoms with E-state index in [2.05, 4.69) is 9.97 Å². The van der Waals surface area contributed by atoms with E-state index in [1.54, 1.807) is 18.2 Å². The van der Waals surface area contributed by atoms with Crippen molar-refractivity contribution in [2.24, 2.45) is 0 Å². The van der Waals surface area contributed by atoms with E-state index in [1.807, 2.05) is 11.8 Å². The number of methoxy groups -OCH3 is 1. The maximum Gasteiger partial charge on any atom is 0.274 e. The van der Waals surface area contributed by atoms with Crippen LogP contribution in [-0.2, 0) is 19.0 Å². The van der Waals surface area contributed by atoms with E-state index in [1.165, 1.54) is 6.20 Å². The molecule has 2 aliphatic heterocycles. The molecular formula is C20H30N4O5. The summed E-state index contributed by atoms with van der Waals surface area (Å²) in [6.45, 7) is 5.67. The van der Waals surface area contributed by atoms with Crippen LogP contribution in [0.1, 0.15) is 41.9 Å². The summed E-state index contributed by atoms with van der Waals surface area (Å²) in [5, 5.41) is 0. The van der Waals surface area contributed by atoms with Gasteiger partial charge < -0.3 is 24.0 Å². The monoisotopic (exact) mass is 406 g/mol. The van der Waals surface area contributed by atoms with Crippen molar-refractivity contribution in [2.75, 3.05) is 53.1 Å².